The average Bonchev–Trinajstić information content (AvgIpc) is 2.22. The molecule has 1 aromatic rings. The maximum atomic E-state index is 13.5. The molecule has 0 radical (unpaired) electrons. The zero-order chi connectivity index (χ0) is 13.1. The second kappa shape index (κ2) is 5.22. The van der Waals surface area contributed by atoms with Gasteiger partial charge in [0.1, 0.15) is 11.5 Å². The highest BCUT2D eigenvalue weighted by molar-refractivity contribution is 6.28. The van der Waals surface area contributed by atoms with Crippen LogP contribution in [0.25, 0.3) is 0 Å². The van der Waals surface area contributed by atoms with Gasteiger partial charge in [0.15, 0.2) is 11.6 Å². The highest BCUT2D eigenvalue weighted by atomic mass is 35.5. The van der Waals surface area contributed by atoms with Crippen molar-refractivity contribution >= 4 is 23.1 Å². The van der Waals surface area contributed by atoms with Crippen LogP contribution in [0.1, 0.15) is 0 Å². The lowest BCUT2D eigenvalue weighted by atomic mass is 10.3. The number of hydrogen-bond donors (Lipinski definition) is 1. The van der Waals surface area contributed by atoms with Crippen LogP contribution in [0.5, 0.6) is 5.75 Å². The highest BCUT2D eigenvalue weighted by Crippen LogP contribution is 2.30. The fourth-order valence-corrected chi connectivity index (χ4v) is 1.03. The molecule has 0 spiro atoms. The van der Waals surface area contributed by atoms with Crippen LogP contribution in [-0.2, 0) is 0 Å². The first kappa shape index (κ1) is 13.6. The minimum atomic E-state index is -4.97. The number of amidine groups is 1. The number of aliphatic imine (C=N–C) groups is 1. The molecule has 0 saturated carbocycles. The fraction of sp³-hybridized carbons (Fsp3) is 0.222. The van der Waals surface area contributed by atoms with Crippen LogP contribution in [0, 0.1) is 5.82 Å². The first-order chi connectivity index (χ1) is 7.83. The molecule has 0 unspecified atom stereocenters. The van der Waals surface area contributed by atoms with Crippen LogP contribution in [-0.4, -0.2) is 18.1 Å². The topological polar surface area (TPSA) is 47.6 Å². The molecule has 2 N–H and O–H groups in total. The van der Waals surface area contributed by atoms with Crippen molar-refractivity contribution in [3.63, 3.8) is 0 Å². The highest BCUT2D eigenvalue weighted by Gasteiger charge is 2.32. The number of ether oxygens (including phenoxy) is 1. The van der Waals surface area contributed by atoms with Crippen LogP contribution in [0.4, 0.5) is 23.2 Å². The van der Waals surface area contributed by atoms with Gasteiger partial charge in [-0.2, -0.15) is 0 Å². The maximum absolute atomic E-state index is 13.5. The van der Waals surface area contributed by atoms with Crippen molar-refractivity contribution in [3.8, 4) is 5.75 Å². The molecule has 0 amide bonds. The van der Waals surface area contributed by atoms with E-state index in [0.717, 1.165) is 18.2 Å². The molecular formula is C9H7ClF4N2O. The monoisotopic (exact) mass is 270 g/mol. The third-order valence-corrected chi connectivity index (χ3v) is 1.84. The summed E-state index contributed by atoms with van der Waals surface area (Å²) in [4.78, 5) is 3.51. The number of rotatable bonds is 3. The van der Waals surface area contributed by atoms with Crippen molar-refractivity contribution in [2.75, 3.05) is 5.88 Å². The number of alkyl halides is 4. The molecule has 0 aliphatic rings. The van der Waals surface area contributed by atoms with Crippen LogP contribution < -0.4 is 10.5 Å². The normalized spacial score (nSPS) is 12.6. The van der Waals surface area contributed by atoms with E-state index in [1.165, 1.54) is 0 Å². The summed E-state index contributed by atoms with van der Waals surface area (Å²) in [6, 6.07) is 3.14. The molecule has 0 bridgehead atoms. The Kier molecular flexibility index (Phi) is 4.17. The minimum Gasteiger partial charge on any atom is -0.403 e. The van der Waals surface area contributed by atoms with Crippen LogP contribution in [0.15, 0.2) is 23.2 Å². The van der Waals surface area contributed by atoms with E-state index in [-0.39, 0.29) is 17.4 Å². The van der Waals surface area contributed by atoms with Gasteiger partial charge in [-0.3, -0.25) is 0 Å². The van der Waals surface area contributed by atoms with Crippen molar-refractivity contribution in [3.05, 3.63) is 24.0 Å². The van der Waals surface area contributed by atoms with E-state index in [1.54, 1.807) is 0 Å². The molecule has 0 heterocycles. The van der Waals surface area contributed by atoms with Crippen LogP contribution in [0.3, 0.4) is 0 Å². The lowest BCUT2D eigenvalue weighted by molar-refractivity contribution is -0.275. The summed E-state index contributed by atoms with van der Waals surface area (Å²) in [5, 5.41) is 0. The molecule has 0 fully saturated rings. The zero-order valence-electron chi connectivity index (χ0n) is 8.26. The molecule has 8 heteroatoms. The van der Waals surface area contributed by atoms with E-state index in [0.29, 0.717) is 0 Å². The van der Waals surface area contributed by atoms with E-state index < -0.39 is 17.9 Å². The van der Waals surface area contributed by atoms with Crippen molar-refractivity contribution < 1.29 is 22.3 Å². The van der Waals surface area contributed by atoms with Crippen molar-refractivity contribution in [2.24, 2.45) is 10.7 Å². The second-order valence-corrected chi connectivity index (χ2v) is 3.14. The number of benzene rings is 1. The van der Waals surface area contributed by atoms with Gasteiger partial charge < -0.3 is 10.5 Å². The van der Waals surface area contributed by atoms with E-state index >= 15 is 0 Å². The van der Waals surface area contributed by atoms with Crippen molar-refractivity contribution in [1.82, 2.24) is 0 Å². The summed E-state index contributed by atoms with van der Waals surface area (Å²) >= 11 is 5.31. The summed E-state index contributed by atoms with van der Waals surface area (Å²) < 4.78 is 52.7. The van der Waals surface area contributed by atoms with Crippen molar-refractivity contribution in [2.45, 2.75) is 6.36 Å². The number of nitrogens with two attached hydrogens (primary N) is 1. The third kappa shape index (κ3) is 4.10. The predicted octanol–water partition coefficient (Wildman–Crippen LogP) is 2.95. The zero-order valence-corrected chi connectivity index (χ0v) is 9.02. The van der Waals surface area contributed by atoms with Gasteiger partial charge in [-0.15, -0.1) is 24.8 Å². The SMILES string of the molecule is NC(CCl)=Nc1cccc(OC(F)(F)F)c1F. The van der Waals surface area contributed by atoms with Crippen LogP contribution >= 0.6 is 11.6 Å². The average molecular weight is 271 g/mol. The molecule has 0 aliphatic heterocycles. The van der Waals surface area contributed by atoms with Gasteiger partial charge in [0, 0.05) is 0 Å². The maximum Gasteiger partial charge on any atom is 0.573 e. The fourth-order valence-electron chi connectivity index (χ4n) is 0.974. The number of halogens is 5. The summed E-state index contributed by atoms with van der Waals surface area (Å²) in [7, 11) is 0. The largest absolute Gasteiger partial charge is 0.573 e. The summed E-state index contributed by atoms with van der Waals surface area (Å²) in [6.45, 7) is 0. The Balaban J connectivity index is 3.08. The lowest BCUT2D eigenvalue weighted by Gasteiger charge is -2.10. The molecule has 1 aromatic carbocycles. The van der Waals surface area contributed by atoms with Crippen LogP contribution in [0.2, 0.25) is 0 Å². The summed E-state index contributed by atoms with van der Waals surface area (Å²) in [5.74, 6) is -2.50. The Morgan fingerprint density at radius 3 is 2.59 bits per heavy atom. The Bertz CT molecular complexity index is 433. The second-order valence-electron chi connectivity index (χ2n) is 2.87. The summed E-state index contributed by atoms with van der Waals surface area (Å²) in [5.41, 5.74) is 4.87. The van der Waals surface area contributed by atoms with Gasteiger partial charge in [-0.05, 0) is 12.1 Å². The van der Waals surface area contributed by atoms with E-state index in [9.17, 15) is 17.6 Å². The Morgan fingerprint density at radius 1 is 1.41 bits per heavy atom. The van der Waals surface area contributed by atoms with Crippen molar-refractivity contribution in [1.29, 1.82) is 0 Å². The van der Waals surface area contributed by atoms with E-state index in [4.69, 9.17) is 17.3 Å². The number of hydrogen-bond acceptors (Lipinski definition) is 2. The molecule has 94 valence electrons. The van der Waals surface area contributed by atoms with Gasteiger partial charge in [-0.1, -0.05) is 6.07 Å². The summed E-state index contributed by atoms with van der Waals surface area (Å²) in [6.07, 6.45) is -4.97. The smallest absolute Gasteiger partial charge is 0.403 e. The standard InChI is InChI=1S/C9H7ClF4N2O/c10-4-7(15)16-5-2-1-3-6(8(5)11)17-9(12,13)14/h1-3H,4H2,(H2,15,16). The molecule has 0 atom stereocenters. The van der Waals surface area contributed by atoms with E-state index in [2.05, 4.69) is 9.73 Å². The first-order valence-electron chi connectivity index (χ1n) is 4.26. The van der Waals surface area contributed by atoms with Gasteiger partial charge in [0.2, 0.25) is 0 Å². The number of nitrogens with zero attached hydrogens (tertiary/aromatic N) is 1. The molecule has 0 aromatic heterocycles. The third-order valence-electron chi connectivity index (χ3n) is 1.57. The Morgan fingerprint density at radius 2 is 2.06 bits per heavy atom. The first-order valence-corrected chi connectivity index (χ1v) is 4.80. The molecule has 0 saturated heterocycles. The molecule has 1 rings (SSSR count). The lowest BCUT2D eigenvalue weighted by Crippen LogP contribution is -2.18. The molecular weight excluding hydrogens is 264 g/mol. The molecule has 0 aliphatic carbocycles. The van der Waals surface area contributed by atoms with Gasteiger partial charge >= 0.3 is 6.36 Å². The van der Waals surface area contributed by atoms with Gasteiger partial charge in [-0.25, -0.2) is 9.38 Å². The Hall–Kier alpha value is -1.50. The van der Waals surface area contributed by atoms with E-state index in [1.807, 2.05) is 0 Å². The van der Waals surface area contributed by atoms with Gasteiger partial charge in [0.05, 0.1) is 5.88 Å². The Labute approximate surface area is 98.8 Å². The molecule has 3 nitrogen and oxygen atoms in total. The van der Waals surface area contributed by atoms with Gasteiger partial charge in [0.25, 0.3) is 0 Å². The molecule has 17 heavy (non-hydrogen) atoms. The predicted molar refractivity (Wildman–Crippen MR) is 55.1 cm³/mol. The minimum absolute atomic E-state index is 0.116. The quantitative estimate of drug-likeness (QED) is 0.397.